The Labute approximate surface area is 160 Å². The van der Waals surface area contributed by atoms with Gasteiger partial charge in [-0.05, 0) is 36.1 Å². The first kappa shape index (κ1) is 18.6. The predicted molar refractivity (Wildman–Crippen MR) is 106 cm³/mol. The van der Waals surface area contributed by atoms with Gasteiger partial charge in [0.05, 0.1) is 17.2 Å². The number of aromatic nitrogens is 1. The van der Waals surface area contributed by atoms with Crippen molar-refractivity contribution in [1.29, 1.82) is 0 Å². The predicted octanol–water partition coefficient (Wildman–Crippen LogP) is 3.73. The van der Waals surface area contributed by atoms with E-state index in [4.69, 9.17) is 0 Å². The van der Waals surface area contributed by atoms with Crippen molar-refractivity contribution in [2.24, 2.45) is 0 Å². The fourth-order valence-corrected chi connectivity index (χ4v) is 4.50. The Bertz CT molecular complexity index is 1010. The van der Waals surface area contributed by atoms with E-state index in [2.05, 4.69) is 15.0 Å². The van der Waals surface area contributed by atoms with Gasteiger partial charge in [0.2, 0.25) is 10.0 Å². The Morgan fingerprint density at radius 2 is 2.00 bits per heavy atom. The first-order chi connectivity index (χ1) is 12.3. The lowest BCUT2D eigenvalue weighted by Crippen LogP contribution is -2.27. The van der Waals surface area contributed by atoms with E-state index in [1.54, 1.807) is 34.9 Å². The molecule has 0 saturated heterocycles. The standard InChI is InChI=1S/C17H17N3O3S3/c1-11(12-5-3-6-13(9-12)20-26(2,22)23)18-16(21)14-10-25-17(19-14)15-7-4-8-24-15/h3-11,20H,1-2H3,(H,18,21). The number of thiazole rings is 1. The topological polar surface area (TPSA) is 88.2 Å². The molecule has 1 amide bonds. The highest BCUT2D eigenvalue weighted by molar-refractivity contribution is 7.92. The molecule has 0 spiro atoms. The van der Waals surface area contributed by atoms with Crippen LogP contribution in [0.2, 0.25) is 0 Å². The van der Waals surface area contributed by atoms with Crippen molar-refractivity contribution >= 4 is 44.3 Å². The highest BCUT2D eigenvalue weighted by Crippen LogP contribution is 2.28. The van der Waals surface area contributed by atoms with Crippen LogP contribution in [-0.2, 0) is 10.0 Å². The molecule has 3 rings (SSSR count). The van der Waals surface area contributed by atoms with Crippen LogP contribution in [0.5, 0.6) is 0 Å². The fraction of sp³-hybridized carbons (Fsp3) is 0.176. The first-order valence-corrected chi connectivity index (χ1v) is 11.3. The maximum absolute atomic E-state index is 12.5. The third-order valence-electron chi connectivity index (χ3n) is 3.51. The molecular weight excluding hydrogens is 390 g/mol. The smallest absolute Gasteiger partial charge is 0.271 e. The average Bonchev–Trinajstić information content (AvgIpc) is 3.24. The zero-order valence-corrected chi connectivity index (χ0v) is 16.5. The summed E-state index contributed by atoms with van der Waals surface area (Å²) < 4.78 is 25.1. The number of benzene rings is 1. The van der Waals surface area contributed by atoms with E-state index in [0.717, 1.165) is 21.7 Å². The second kappa shape index (κ2) is 7.56. The Balaban J connectivity index is 1.70. The third kappa shape index (κ3) is 4.69. The number of hydrogen-bond acceptors (Lipinski definition) is 6. The summed E-state index contributed by atoms with van der Waals surface area (Å²) in [5, 5.41) is 7.41. The molecule has 0 saturated carbocycles. The summed E-state index contributed by atoms with van der Waals surface area (Å²) >= 11 is 3.01. The van der Waals surface area contributed by atoms with Gasteiger partial charge in [0.1, 0.15) is 10.7 Å². The molecule has 1 unspecified atom stereocenters. The van der Waals surface area contributed by atoms with Crippen LogP contribution in [0.4, 0.5) is 5.69 Å². The molecule has 0 aliphatic rings. The zero-order valence-electron chi connectivity index (χ0n) is 14.1. The van der Waals surface area contributed by atoms with Crippen molar-refractivity contribution in [2.45, 2.75) is 13.0 Å². The molecule has 0 bridgehead atoms. The van der Waals surface area contributed by atoms with Crippen molar-refractivity contribution in [2.75, 3.05) is 11.0 Å². The number of carbonyl (C=O) groups excluding carboxylic acids is 1. The van der Waals surface area contributed by atoms with Crippen LogP contribution in [0.1, 0.15) is 29.0 Å². The van der Waals surface area contributed by atoms with Crippen LogP contribution in [0.25, 0.3) is 9.88 Å². The van der Waals surface area contributed by atoms with E-state index < -0.39 is 10.0 Å². The summed E-state index contributed by atoms with van der Waals surface area (Å²) in [5.41, 5.74) is 1.62. The van der Waals surface area contributed by atoms with Gasteiger partial charge >= 0.3 is 0 Å². The Kier molecular flexibility index (Phi) is 5.40. The third-order valence-corrected chi connectivity index (χ3v) is 5.99. The zero-order chi connectivity index (χ0) is 18.7. The lowest BCUT2D eigenvalue weighted by molar-refractivity contribution is 0.0935. The molecule has 2 aromatic heterocycles. The van der Waals surface area contributed by atoms with E-state index in [0.29, 0.717) is 11.4 Å². The molecule has 3 aromatic rings. The van der Waals surface area contributed by atoms with Crippen LogP contribution in [-0.4, -0.2) is 25.6 Å². The van der Waals surface area contributed by atoms with E-state index in [9.17, 15) is 13.2 Å². The lowest BCUT2D eigenvalue weighted by Gasteiger charge is -2.15. The minimum absolute atomic E-state index is 0.266. The average molecular weight is 408 g/mol. The quantitative estimate of drug-likeness (QED) is 0.652. The maximum atomic E-state index is 12.5. The number of thiophene rings is 1. The van der Waals surface area contributed by atoms with Crippen molar-refractivity contribution in [3.05, 3.63) is 58.4 Å². The molecule has 0 aliphatic heterocycles. The number of nitrogens with one attached hydrogen (secondary N) is 2. The number of sulfonamides is 1. The Hall–Kier alpha value is -2.23. The van der Waals surface area contributed by atoms with Crippen LogP contribution < -0.4 is 10.0 Å². The van der Waals surface area contributed by atoms with Crippen molar-refractivity contribution in [1.82, 2.24) is 10.3 Å². The van der Waals surface area contributed by atoms with Gasteiger partial charge in [-0.15, -0.1) is 22.7 Å². The van der Waals surface area contributed by atoms with Gasteiger partial charge in [-0.25, -0.2) is 13.4 Å². The summed E-state index contributed by atoms with van der Waals surface area (Å²) in [6.45, 7) is 1.84. The van der Waals surface area contributed by atoms with Crippen molar-refractivity contribution in [3.63, 3.8) is 0 Å². The molecule has 136 valence electrons. The van der Waals surface area contributed by atoms with Gasteiger partial charge in [-0.2, -0.15) is 0 Å². The number of nitrogens with zero attached hydrogens (tertiary/aromatic N) is 1. The summed E-state index contributed by atoms with van der Waals surface area (Å²) in [4.78, 5) is 17.9. The number of carbonyl (C=O) groups is 1. The molecule has 1 aromatic carbocycles. The van der Waals surface area contributed by atoms with E-state index in [-0.39, 0.29) is 11.9 Å². The number of rotatable bonds is 6. The first-order valence-electron chi connectivity index (χ1n) is 7.70. The molecule has 0 fully saturated rings. The molecule has 2 N–H and O–H groups in total. The second-order valence-corrected chi connectivity index (χ2v) is 9.26. The van der Waals surface area contributed by atoms with Crippen molar-refractivity contribution in [3.8, 4) is 9.88 Å². The molecular formula is C17H17N3O3S3. The van der Waals surface area contributed by atoms with Gasteiger partial charge in [-0.3, -0.25) is 9.52 Å². The van der Waals surface area contributed by atoms with Gasteiger partial charge < -0.3 is 5.32 Å². The molecule has 0 aliphatic carbocycles. The van der Waals surface area contributed by atoms with Crippen LogP contribution in [0, 0.1) is 0 Å². The Morgan fingerprint density at radius 3 is 2.69 bits per heavy atom. The van der Waals surface area contributed by atoms with E-state index in [1.165, 1.54) is 11.3 Å². The van der Waals surface area contributed by atoms with E-state index >= 15 is 0 Å². The van der Waals surface area contributed by atoms with E-state index in [1.807, 2.05) is 30.5 Å². The van der Waals surface area contributed by atoms with Gasteiger partial charge in [0.15, 0.2) is 0 Å². The molecule has 26 heavy (non-hydrogen) atoms. The molecule has 1 atom stereocenters. The number of anilines is 1. The second-order valence-electron chi connectivity index (χ2n) is 5.71. The van der Waals surface area contributed by atoms with Gasteiger partial charge in [-0.1, -0.05) is 18.2 Å². The molecule has 2 heterocycles. The SMILES string of the molecule is CC(NC(=O)c1csc(-c2cccs2)n1)c1cccc(NS(C)(=O)=O)c1. The normalized spacial score (nSPS) is 12.5. The largest absolute Gasteiger partial charge is 0.344 e. The fourth-order valence-electron chi connectivity index (χ4n) is 2.33. The molecule has 6 nitrogen and oxygen atoms in total. The number of amides is 1. The highest BCUT2D eigenvalue weighted by atomic mass is 32.2. The summed E-state index contributed by atoms with van der Waals surface area (Å²) in [6, 6.07) is 10.5. The summed E-state index contributed by atoms with van der Waals surface area (Å²) in [5.74, 6) is -0.266. The summed E-state index contributed by atoms with van der Waals surface area (Å²) in [6.07, 6.45) is 1.10. The van der Waals surface area contributed by atoms with Crippen molar-refractivity contribution < 1.29 is 13.2 Å². The monoisotopic (exact) mass is 407 g/mol. The van der Waals surface area contributed by atoms with Crippen LogP contribution in [0.3, 0.4) is 0 Å². The lowest BCUT2D eigenvalue weighted by atomic mass is 10.1. The van der Waals surface area contributed by atoms with Gasteiger partial charge in [0, 0.05) is 11.1 Å². The molecule has 9 heteroatoms. The maximum Gasteiger partial charge on any atom is 0.271 e. The highest BCUT2D eigenvalue weighted by Gasteiger charge is 2.16. The minimum Gasteiger partial charge on any atom is -0.344 e. The molecule has 0 radical (unpaired) electrons. The van der Waals surface area contributed by atoms with Crippen LogP contribution >= 0.6 is 22.7 Å². The summed E-state index contributed by atoms with van der Waals surface area (Å²) in [7, 11) is -3.35. The van der Waals surface area contributed by atoms with Gasteiger partial charge in [0.25, 0.3) is 5.91 Å². The Morgan fingerprint density at radius 1 is 1.19 bits per heavy atom. The minimum atomic E-state index is -3.35. The number of hydrogen-bond donors (Lipinski definition) is 2. The van der Waals surface area contributed by atoms with Crippen LogP contribution in [0.15, 0.2) is 47.2 Å².